The van der Waals surface area contributed by atoms with Gasteiger partial charge in [-0.25, -0.2) is 4.68 Å². The fraction of sp³-hybridized carbons (Fsp3) is 0.105. The van der Waals surface area contributed by atoms with Crippen LogP contribution in [0.4, 0.5) is 5.95 Å². The van der Waals surface area contributed by atoms with Gasteiger partial charge < -0.3 is 16.2 Å². The van der Waals surface area contributed by atoms with Crippen molar-refractivity contribution in [2.75, 3.05) is 5.32 Å². The van der Waals surface area contributed by atoms with E-state index in [1.165, 1.54) is 0 Å². The third kappa shape index (κ3) is 3.08. The predicted octanol–water partition coefficient (Wildman–Crippen LogP) is 3.19. The Balaban J connectivity index is 1.87. The number of hydrogen-bond acceptors (Lipinski definition) is 5. The summed E-state index contributed by atoms with van der Waals surface area (Å²) in [5.41, 5.74) is 8.38. The molecule has 3 aromatic rings. The number of rotatable bonds is 3. The van der Waals surface area contributed by atoms with Crippen molar-refractivity contribution in [3.63, 3.8) is 0 Å². The van der Waals surface area contributed by atoms with E-state index in [2.05, 4.69) is 31.3 Å². The molecule has 1 aromatic heterocycles. The van der Waals surface area contributed by atoms with Crippen LogP contribution in [0.25, 0.3) is 11.4 Å². The summed E-state index contributed by atoms with van der Waals surface area (Å²) < 4.78 is 2.60. The summed E-state index contributed by atoms with van der Waals surface area (Å²) in [6.07, 6.45) is 0. The number of nitrogens with two attached hydrogens (primary N) is 1. The maximum absolute atomic E-state index is 12.2. The number of allylic oxidation sites excluding steroid dienone is 1. The van der Waals surface area contributed by atoms with Crippen molar-refractivity contribution >= 4 is 27.8 Å². The first-order chi connectivity index (χ1) is 12.9. The average Bonchev–Trinajstić information content (AvgIpc) is 3.05. The van der Waals surface area contributed by atoms with Gasteiger partial charge in [0.2, 0.25) is 11.9 Å². The zero-order valence-corrected chi connectivity index (χ0v) is 15.9. The minimum absolute atomic E-state index is 0.169. The maximum atomic E-state index is 12.2. The van der Waals surface area contributed by atoms with Crippen LogP contribution in [0.5, 0.6) is 5.75 Å². The zero-order valence-electron chi connectivity index (χ0n) is 14.3. The number of nitrogens with one attached hydrogen (secondary N) is 1. The van der Waals surface area contributed by atoms with Crippen molar-refractivity contribution in [1.82, 2.24) is 14.8 Å². The Morgan fingerprint density at radius 1 is 1.19 bits per heavy atom. The predicted molar refractivity (Wildman–Crippen MR) is 105 cm³/mol. The lowest BCUT2D eigenvalue weighted by molar-refractivity contribution is -0.115. The number of anilines is 1. The summed E-state index contributed by atoms with van der Waals surface area (Å²) in [6.45, 7) is 1.80. The van der Waals surface area contributed by atoms with Crippen LogP contribution in [-0.2, 0) is 4.79 Å². The lowest BCUT2D eigenvalue weighted by Gasteiger charge is -2.27. The molecule has 0 fully saturated rings. The van der Waals surface area contributed by atoms with Gasteiger partial charge in [0.1, 0.15) is 11.8 Å². The molecule has 0 radical (unpaired) electrons. The lowest BCUT2D eigenvalue weighted by Crippen LogP contribution is -2.31. The van der Waals surface area contributed by atoms with Crippen LogP contribution < -0.4 is 11.1 Å². The summed E-state index contributed by atoms with van der Waals surface area (Å²) in [6, 6.07) is 13.8. The fourth-order valence-electron chi connectivity index (χ4n) is 3.16. The highest BCUT2D eigenvalue weighted by Gasteiger charge is 2.33. The SMILES string of the molecule is CC1=C(C(N)=O)C(c2ccc(Br)cc2)n2nc(-c3ccc(O)cc3)nc2N1. The number of aromatic hydroxyl groups is 1. The van der Waals surface area contributed by atoms with Crippen molar-refractivity contribution < 1.29 is 9.90 Å². The van der Waals surface area contributed by atoms with Gasteiger partial charge in [-0.2, -0.15) is 4.98 Å². The van der Waals surface area contributed by atoms with Gasteiger partial charge in [0.05, 0.1) is 5.57 Å². The standard InChI is InChI=1S/C19H16BrN5O2/c1-10-15(17(21)27)16(11-2-6-13(20)7-3-11)25-19(22-10)23-18(24-25)12-4-8-14(26)9-5-12/h2-9,16,26H,1H3,(H2,21,27)(H,22,23,24). The largest absolute Gasteiger partial charge is 0.508 e. The number of hydrogen-bond donors (Lipinski definition) is 3. The number of nitrogens with zero attached hydrogens (tertiary/aromatic N) is 3. The van der Waals surface area contributed by atoms with Gasteiger partial charge in [-0.05, 0) is 48.9 Å². The Hall–Kier alpha value is -3.13. The van der Waals surface area contributed by atoms with Gasteiger partial charge in [0, 0.05) is 15.7 Å². The number of benzene rings is 2. The van der Waals surface area contributed by atoms with Gasteiger partial charge in [0.15, 0.2) is 5.82 Å². The first kappa shape index (κ1) is 17.3. The highest BCUT2D eigenvalue weighted by atomic mass is 79.9. The molecule has 136 valence electrons. The minimum Gasteiger partial charge on any atom is -0.508 e. The van der Waals surface area contributed by atoms with Crippen LogP contribution in [0.3, 0.4) is 0 Å². The first-order valence-corrected chi connectivity index (χ1v) is 9.02. The molecule has 2 aromatic carbocycles. The van der Waals surface area contributed by atoms with Crippen molar-refractivity contribution in [3.8, 4) is 17.1 Å². The molecule has 2 heterocycles. The molecule has 4 N–H and O–H groups in total. The highest BCUT2D eigenvalue weighted by molar-refractivity contribution is 9.10. The molecule has 0 spiro atoms. The molecule has 4 rings (SSSR count). The molecule has 27 heavy (non-hydrogen) atoms. The van der Waals surface area contributed by atoms with Gasteiger partial charge in [-0.1, -0.05) is 28.1 Å². The second-order valence-corrected chi connectivity index (χ2v) is 7.15. The third-order valence-corrected chi connectivity index (χ3v) is 4.96. The molecule has 1 amide bonds. The zero-order chi connectivity index (χ0) is 19.1. The molecule has 1 atom stereocenters. The monoisotopic (exact) mass is 425 g/mol. The van der Waals surface area contributed by atoms with Crippen LogP contribution in [0.15, 0.2) is 64.3 Å². The van der Waals surface area contributed by atoms with E-state index in [0.29, 0.717) is 23.0 Å². The number of phenols is 1. The van der Waals surface area contributed by atoms with Crippen LogP contribution in [0.2, 0.25) is 0 Å². The van der Waals surface area contributed by atoms with Crippen LogP contribution >= 0.6 is 15.9 Å². The summed E-state index contributed by atoms with van der Waals surface area (Å²) in [5, 5.41) is 17.2. The van der Waals surface area contributed by atoms with Crippen molar-refractivity contribution in [1.29, 1.82) is 0 Å². The number of phenolic OH excluding ortho intramolecular Hbond substituents is 1. The van der Waals surface area contributed by atoms with E-state index in [1.807, 2.05) is 24.3 Å². The van der Waals surface area contributed by atoms with Crippen LogP contribution in [-0.4, -0.2) is 25.8 Å². The smallest absolute Gasteiger partial charge is 0.248 e. The van der Waals surface area contributed by atoms with Crippen molar-refractivity contribution in [3.05, 3.63) is 69.8 Å². The molecule has 8 heteroatoms. The van der Waals surface area contributed by atoms with Crippen LogP contribution in [0.1, 0.15) is 18.5 Å². The number of halogens is 1. The number of primary amides is 1. The van der Waals surface area contributed by atoms with Crippen molar-refractivity contribution in [2.45, 2.75) is 13.0 Å². The van der Waals surface area contributed by atoms with Crippen LogP contribution in [0, 0.1) is 0 Å². The Bertz CT molecular complexity index is 1050. The quantitative estimate of drug-likeness (QED) is 0.597. The molecule has 0 saturated carbocycles. The Morgan fingerprint density at radius 2 is 1.85 bits per heavy atom. The number of carbonyl (C=O) groups excluding carboxylic acids is 1. The van der Waals surface area contributed by atoms with Gasteiger partial charge in [-0.15, -0.1) is 5.10 Å². The Kier molecular flexibility index (Phi) is 4.19. The topological polar surface area (TPSA) is 106 Å². The van der Waals surface area contributed by atoms with E-state index in [-0.39, 0.29) is 5.75 Å². The minimum atomic E-state index is -0.514. The summed E-state index contributed by atoms with van der Waals surface area (Å²) in [5.74, 6) is 0.661. The maximum Gasteiger partial charge on any atom is 0.248 e. The lowest BCUT2D eigenvalue weighted by atomic mass is 9.95. The van der Waals surface area contributed by atoms with E-state index in [1.54, 1.807) is 35.9 Å². The molecular weight excluding hydrogens is 410 g/mol. The molecular formula is C19H16BrN5O2. The highest BCUT2D eigenvalue weighted by Crippen LogP contribution is 2.36. The Morgan fingerprint density at radius 3 is 2.48 bits per heavy atom. The number of carbonyl (C=O) groups is 1. The molecule has 0 bridgehead atoms. The van der Waals surface area contributed by atoms with Gasteiger partial charge in [0.25, 0.3) is 0 Å². The second kappa shape index (κ2) is 6.55. The molecule has 0 saturated heterocycles. The fourth-order valence-corrected chi connectivity index (χ4v) is 3.42. The normalized spacial score (nSPS) is 16.0. The van der Waals surface area contributed by atoms with Gasteiger partial charge >= 0.3 is 0 Å². The first-order valence-electron chi connectivity index (χ1n) is 8.23. The van der Waals surface area contributed by atoms with E-state index in [0.717, 1.165) is 15.6 Å². The Labute approximate surface area is 163 Å². The van der Waals surface area contributed by atoms with Gasteiger partial charge in [-0.3, -0.25) is 4.79 Å². The van der Waals surface area contributed by atoms with E-state index < -0.39 is 11.9 Å². The third-order valence-electron chi connectivity index (χ3n) is 4.43. The van der Waals surface area contributed by atoms with E-state index >= 15 is 0 Å². The summed E-state index contributed by atoms with van der Waals surface area (Å²) in [4.78, 5) is 16.7. The average molecular weight is 426 g/mol. The summed E-state index contributed by atoms with van der Waals surface area (Å²) >= 11 is 3.43. The molecule has 1 unspecified atom stereocenters. The second-order valence-electron chi connectivity index (χ2n) is 6.23. The van der Waals surface area contributed by atoms with E-state index in [4.69, 9.17) is 5.73 Å². The molecule has 7 nitrogen and oxygen atoms in total. The molecule has 1 aliphatic heterocycles. The summed E-state index contributed by atoms with van der Waals surface area (Å²) in [7, 11) is 0. The number of amides is 1. The molecule has 0 aliphatic carbocycles. The van der Waals surface area contributed by atoms with E-state index in [9.17, 15) is 9.90 Å². The number of fused-ring (bicyclic) bond motifs is 1. The number of aromatic nitrogens is 3. The molecule has 1 aliphatic rings. The van der Waals surface area contributed by atoms with Crippen molar-refractivity contribution in [2.24, 2.45) is 5.73 Å².